The summed E-state index contributed by atoms with van der Waals surface area (Å²) in [5.74, 6) is -0.0577. The molecule has 100 valence electrons. The van der Waals surface area contributed by atoms with E-state index in [0.29, 0.717) is 6.04 Å². The number of hydrogen-bond donors (Lipinski definition) is 2. The van der Waals surface area contributed by atoms with E-state index in [4.69, 9.17) is 5.73 Å². The molecule has 0 aliphatic heterocycles. The third kappa shape index (κ3) is 3.10. The molecule has 0 atom stereocenters. The van der Waals surface area contributed by atoms with E-state index in [9.17, 15) is 4.79 Å². The van der Waals surface area contributed by atoms with Crippen LogP contribution < -0.4 is 11.1 Å². The highest BCUT2D eigenvalue weighted by Gasteiger charge is 2.24. The molecular formula is C13H22N4O. The lowest BCUT2D eigenvalue weighted by Gasteiger charge is -2.27. The molecule has 1 aromatic heterocycles. The Balaban J connectivity index is 1.79. The highest BCUT2D eigenvalue weighted by atomic mass is 16.1. The van der Waals surface area contributed by atoms with Crippen LogP contribution in [0.1, 0.15) is 37.1 Å². The van der Waals surface area contributed by atoms with Gasteiger partial charge in [0, 0.05) is 25.6 Å². The van der Waals surface area contributed by atoms with Gasteiger partial charge in [-0.15, -0.1) is 0 Å². The Labute approximate surface area is 108 Å². The van der Waals surface area contributed by atoms with Crippen LogP contribution in [0.5, 0.6) is 0 Å². The van der Waals surface area contributed by atoms with Gasteiger partial charge >= 0.3 is 0 Å². The molecule has 3 N–H and O–H groups in total. The average molecular weight is 250 g/mol. The van der Waals surface area contributed by atoms with E-state index in [-0.39, 0.29) is 11.8 Å². The van der Waals surface area contributed by atoms with Crippen molar-refractivity contribution in [2.45, 2.75) is 45.2 Å². The first-order chi connectivity index (χ1) is 8.56. The first-order valence-corrected chi connectivity index (χ1v) is 6.58. The molecule has 18 heavy (non-hydrogen) atoms. The van der Waals surface area contributed by atoms with Crippen molar-refractivity contribution >= 4 is 5.91 Å². The summed E-state index contributed by atoms with van der Waals surface area (Å²) in [4.78, 5) is 11.1. The Kier molecular flexibility index (Phi) is 4.01. The minimum Gasteiger partial charge on any atom is -0.369 e. The summed E-state index contributed by atoms with van der Waals surface area (Å²) in [6.45, 7) is 2.84. The van der Waals surface area contributed by atoms with E-state index in [1.165, 1.54) is 5.69 Å². The van der Waals surface area contributed by atoms with E-state index in [2.05, 4.69) is 16.5 Å². The molecule has 1 amide bonds. The van der Waals surface area contributed by atoms with Gasteiger partial charge in [0.1, 0.15) is 0 Å². The Morgan fingerprint density at radius 1 is 1.50 bits per heavy atom. The fourth-order valence-electron chi connectivity index (χ4n) is 2.66. The van der Waals surface area contributed by atoms with Crippen molar-refractivity contribution in [3.63, 3.8) is 0 Å². The Bertz CT molecular complexity index is 419. The molecule has 0 radical (unpaired) electrons. The number of aryl methyl sites for hydroxylation is 2. The first-order valence-electron chi connectivity index (χ1n) is 6.58. The number of rotatable bonds is 4. The van der Waals surface area contributed by atoms with E-state index >= 15 is 0 Å². The van der Waals surface area contributed by atoms with Crippen LogP contribution in [0.2, 0.25) is 0 Å². The van der Waals surface area contributed by atoms with Crippen molar-refractivity contribution in [3.05, 3.63) is 17.5 Å². The molecule has 1 heterocycles. The van der Waals surface area contributed by atoms with Crippen molar-refractivity contribution in [2.75, 3.05) is 0 Å². The number of aromatic nitrogens is 2. The summed E-state index contributed by atoms with van der Waals surface area (Å²) in [7, 11) is 1.97. The van der Waals surface area contributed by atoms with E-state index < -0.39 is 0 Å². The highest BCUT2D eigenvalue weighted by molar-refractivity contribution is 5.76. The zero-order valence-corrected chi connectivity index (χ0v) is 11.1. The maximum absolute atomic E-state index is 11.1. The predicted octanol–water partition coefficient (Wildman–Crippen LogP) is 0.862. The van der Waals surface area contributed by atoms with Crippen LogP contribution in [0.3, 0.4) is 0 Å². The fraction of sp³-hybridized carbons (Fsp3) is 0.692. The Morgan fingerprint density at radius 3 is 2.67 bits per heavy atom. The van der Waals surface area contributed by atoms with Gasteiger partial charge in [-0.3, -0.25) is 9.48 Å². The predicted molar refractivity (Wildman–Crippen MR) is 69.7 cm³/mol. The van der Waals surface area contributed by atoms with Gasteiger partial charge in [0.15, 0.2) is 0 Å². The van der Waals surface area contributed by atoms with Gasteiger partial charge in [0.05, 0.1) is 11.4 Å². The Hall–Kier alpha value is -1.36. The lowest BCUT2D eigenvalue weighted by atomic mass is 9.85. The number of hydrogen-bond acceptors (Lipinski definition) is 3. The van der Waals surface area contributed by atoms with Crippen molar-refractivity contribution in [3.8, 4) is 0 Å². The summed E-state index contributed by atoms with van der Waals surface area (Å²) in [5.41, 5.74) is 7.58. The molecule has 0 unspecified atom stereocenters. The van der Waals surface area contributed by atoms with Crippen LogP contribution in [0.15, 0.2) is 6.07 Å². The minimum absolute atomic E-state index is 0.0852. The maximum Gasteiger partial charge on any atom is 0.220 e. The van der Waals surface area contributed by atoms with E-state index in [1.54, 1.807) is 0 Å². The maximum atomic E-state index is 11.1. The standard InChI is InChI=1S/C13H22N4O/c1-9-7-12(17(2)16-9)8-15-11-5-3-10(4-6-11)13(14)18/h7,10-11,15H,3-6,8H2,1-2H3,(H2,14,18). The highest BCUT2D eigenvalue weighted by Crippen LogP contribution is 2.24. The molecule has 0 saturated heterocycles. The molecule has 1 aliphatic carbocycles. The molecule has 2 rings (SSSR count). The first kappa shape index (κ1) is 13.1. The van der Waals surface area contributed by atoms with E-state index in [0.717, 1.165) is 37.9 Å². The molecule has 0 aromatic carbocycles. The SMILES string of the molecule is Cc1cc(CNC2CCC(C(N)=O)CC2)n(C)n1. The second-order valence-electron chi connectivity index (χ2n) is 5.23. The van der Waals surface area contributed by atoms with Crippen molar-refractivity contribution in [1.82, 2.24) is 15.1 Å². The van der Waals surface area contributed by atoms with Crippen molar-refractivity contribution < 1.29 is 4.79 Å². The van der Waals surface area contributed by atoms with Gasteiger partial charge in [0.2, 0.25) is 5.91 Å². The molecule has 1 fully saturated rings. The van der Waals surface area contributed by atoms with Gasteiger partial charge in [-0.1, -0.05) is 0 Å². The lowest BCUT2D eigenvalue weighted by Crippen LogP contribution is -2.36. The zero-order chi connectivity index (χ0) is 13.1. The second-order valence-corrected chi connectivity index (χ2v) is 5.23. The van der Waals surface area contributed by atoms with Crippen LogP contribution in [-0.2, 0) is 18.4 Å². The molecule has 1 saturated carbocycles. The molecule has 0 spiro atoms. The number of nitrogens with one attached hydrogen (secondary N) is 1. The summed E-state index contributed by atoms with van der Waals surface area (Å²) < 4.78 is 1.91. The largest absolute Gasteiger partial charge is 0.369 e. The fourth-order valence-corrected chi connectivity index (χ4v) is 2.66. The monoisotopic (exact) mass is 250 g/mol. The van der Waals surface area contributed by atoms with Crippen LogP contribution in [-0.4, -0.2) is 21.7 Å². The van der Waals surface area contributed by atoms with Gasteiger partial charge in [-0.25, -0.2) is 0 Å². The lowest BCUT2D eigenvalue weighted by molar-refractivity contribution is -0.122. The molecule has 0 bridgehead atoms. The second kappa shape index (κ2) is 5.52. The third-order valence-electron chi connectivity index (χ3n) is 3.80. The third-order valence-corrected chi connectivity index (χ3v) is 3.80. The van der Waals surface area contributed by atoms with Crippen LogP contribution in [0.25, 0.3) is 0 Å². The summed E-state index contributed by atoms with van der Waals surface area (Å²) in [6.07, 6.45) is 3.89. The smallest absolute Gasteiger partial charge is 0.220 e. The normalized spacial score (nSPS) is 24.1. The summed E-state index contributed by atoms with van der Waals surface area (Å²) in [6, 6.07) is 2.60. The number of carbonyl (C=O) groups excluding carboxylic acids is 1. The molecular weight excluding hydrogens is 228 g/mol. The zero-order valence-electron chi connectivity index (χ0n) is 11.1. The van der Waals surface area contributed by atoms with Crippen LogP contribution in [0.4, 0.5) is 0 Å². The van der Waals surface area contributed by atoms with Crippen molar-refractivity contribution in [1.29, 1.82) is 0 Å². The van der Waals surface area contributed by atoms with Gasteiger partial charge in [0.25, 0.3) is 0 Å². The molecule has 5 heteroatoms. The molecule has 1 aromatic rings. The average Bonchev–Trinajstić information content (AvgIpc) is 2.66. The van der Waals surface area contributed by atoms with Gasteiger partial charge in [-0.05, 0) is 38.7 Å². The number of primary amides is 1. The number of amides is 1. The molecule has 1 aliphatic rings. The number of nitrogens with zero attached hydrogens (tertiary/aromatic N) is 2. The minimum atomic E-state index is -0.143. The van der Waals surface area contributed by atoms with Gasteiger partial charge in [-0.2, -0.15) is 5.10 Å². The van der Waals surface area contributed by atoms with Gasteiger partial charge < -0.3 is 11.1 Å². The number of carbonyl (C=O) groups is 1. The number of nitrogens with two attached hydrogens (primary N) is 1. The van der Waals surface area contributed by atoms with Crippen LogP contribution >= 0.6 is 0 Å². The van der Waals surface area contributed by atoms with Crippen LogP contribution in [0, 0.1) is 12.8 Å². The molecule has 5 nitrogen and oxygen atoms in total. The summed E-state index contributed by atoms with van der Waals surface area (Å²) >= 11 is 0. The summed E-state index contributed by atoms with van der Waals surface area (Å²) in [5, 5.41) is 7.86. The van der Waals surface area contributed by atoms with Crippen molar-refractivity contribution in [2.24, 2.45) is 18.7 Å². The van der Waals surface area contributed by atoms with E-state index in [1.807, 2.05) is 18.7 Å². The topological polar surface area (TPSA) is 72.9 Å². The Morgan fingerprint density at radius 2 is 2.17 bits per heavy atom. The quantitative estimate of drug-likeness (QED) is 0.832.